The van der Waals surface area contributed by atoms with Crippen molar-refractivity contribution in [2.45, 2.75) is 356 Å². The van der Waals surface area contributed by atoms with Gasteiger partial charge in [-0.3, -0.25) is 37.3 Å². The van der Waals surface area contributed by atoms with Crippen LogP contribution in [0.25, 0.3) is 0 Å². The maximum atomic E-state index is 13.0. The summed E-state index contributed by atoms with van der Waals surface area (Å²) in [5.74, 6) is 0.138. The van der Waals surface area contributed by atoms with Crippen molar-refractivity contribution in [2.75, 3.05) is 39.6 Å². The summed E-state index contributed by atoms with van der Waals surface area (Å²) in [5, 5.41) is 10.6. The molecule has 0 fully saturated rings. The van der Waals surface area contributed by atoms with Crippen molar-refractivity contribution in [3.63, 3.8) is 0 Å². The Labute approximate surface area is 530 Å². The summed E-state index contributed by atoms with van der Waals surface area (Å²) in [5.41, 5.74) is 0. The van der Waals surface area contributed by atoms with Crippen LogP contribution in [0, 0.1) is 17.8 Å². The molecule has 0 radical (unpaired) electrons. The summed E-state index contributed by atoms with van der Waals surface area (Å²) in [7, 11) is -9.89. The lowest BCUT2D eigenvalue weighted by atomic mass is 10.00. The quantitative estimate of drug-likeness (QED) is 0.0222. The first kappa shape index (κ1) is 85.1. The van der Waals surface area contributed by atoms with Gasteiger partial charge in [-0.2, -0.15) is 0 Å². The second kappa shape index (κ2) is 59.1. The smallest absolute Gasteiger partial charge is 0.462 e. The van der Waals surface area contributed by atoms with Crippen LogP contribution in [0.4, 0.5) is 0 Å². The van der Waals surface area contributed by atoms with Crippen molar-refractivity contribution in [1.82, 2.24) is 0 Å². The minimum atomic E-state index is -4.95. The van der Waals surface area contributed by atoms with Crippen molar-refractivity contribution < 1.29 is 80.2 Å². The highest BCUT2D eigenvalue weighted by Gasteiger charge is 2.30. The molecule has 0 heterocycles. The fraction of sp³-hybridized carbons (Fsp3) is 0.941. The Balaban J connectivity index is 5.21. The molecule has 0 rings (SSSR count). The van der Waals surface area contributed by atoms with Gasteiger partial charge in [0.25, 0.3) is 0 Å². The molecule has 0 aliphatic heterocycles. The number of esters is 4. The molecule has 0 aliphatic rings. The number of unbranched alkanes of at least 4 members (excludes halogenated alkanes) is 33. The van der Waals surface area contributed by atoms with Crippen LogP contribution in [0.2, 0.25) is 0 Å². The van der Waals surface area contributed by atoms with Crippen LogP contribution in [0.3, 0.4) is 0 Å². The summed E-state index contributed by atoms with van der Waals surface area (Å²) in [6.07, 6.45) is 41.8. The predicted molar refractivity (Wildman–Crippen MR) is 349 cm³/mol. The third kappa shape index (κ3) is 61.3. The fourth-order valence-corrected chi connectivity index (χ4v) is 11.7. The lowest BCUT2D eigenvalue weighted by molar-refractivity contribution is -0.161. The molecule has 0 bridgehead atoms. The summed E-state index contributed by atoms with van der Waals surface area (Å²) >= 11 is 0. The minimum Gasteiger partial charge on any atom is -0.462 e. The van der Waals surface area contributed by atoms with E-state index in [1.807, 2.05) is 0 Å². The zero-order valence-electron chi connectivity index (χ0n) is 56.5. The molecule has 516 valence electrons. The molecule has 0 saturated carbocycles. The van der Waals surface area contributed by atoms with E-state index < -0.39 is 97.5 Å². The number of carbonyl (C=O) groups excluding carboxylic acids is 4. The van der Waals surface area contributed by atoms with Crippen LogP contribution in [0.15, 0.2) is 0 Å². The van der Waals surface area contributed by atoms with Gasteiger partial charge in [0.1, 0.15) is 19.3 Å². The van der Waals surface area contributed by atoms with Crippen LogP contribution in [0.5, 0.6) is 0 Å². The number of aliphatic hydroxyl groups is 1. The van der Waals surface area contributed by atoms with Crippen LogP contribution in [-0.4, -0.2) is 96.7 Å². The Hall–Kier alpha value is -1.94. The molecule has 0 amide bonds. The first-order valence-electron chi connectivity index (χ1n) is 35.4. The Kier molecular flexibility index (Phi) is 57.8. The highest BCUT2D eigenvalue weighted by atomic mass is 31.2. The topological polar surface area (TPSA) is 237 Å². The van der Waals surface area contributed by atoms with E-state index in [0.717, 1.165) is 120 Å². The molecule has 87 heavy (non-hydrogen) atoms. The standard InChI is InChI=1S/C68H132O17P2/c1-8-10-11-12-25-35-42-49-65(70)78-55-64(85-68(73)52-45-38-31-30-34-41-48-61(7)9-2)58-83-87(76,77)81-54-62(69)53-80-86(74,75)82-57-63(56-79-66(71)50-43-36-28-23-20-19-22-27-33-40-47-60(5)6)84-67(72)51-44-37-29-24-18-16-14-13-15-17-21-26-32-39-46-59(3)4/h59-64,69H,8-58H2,1-7H3,(H,74,75)(H,76,77)/t61?,62-,63-,64-/m1/s1. The molecular weight excluding hydrogens is 1150 g/mol. The minimum absolute atomic E-state index is 0.102. The third-order valence-corrected chi connectivity index (χ3v) is 17.9. The molecule has 3 N–H and O–H groups in total. The molecule has 3 unspecified atom stereocenters. The first-order chi connectivity index (χ1) is 41.8. The van der Waals surface area contributed by atoms with Crippen molar-refractivity contribution in [3.8, 4) is 0 Å². The van der Waals surface area contributed by atoms with E-state index in [1.54, 1.807) is 0 Å². The van der Waals surface area contributed by atoms with Gasteiger partial charge in [0, 0.05) is 25.7 Å². The van der Waals surface area contributed by atoms with Gasteiger partial charge in [-0.05, 0) is 43.4 Å². The van der Waals surface area contributed by atoms with Crippen molar-refractivity contribution in [2.24, 2.45) is 17.8 Å². The van der Waals surface area contributed by atoms with Gasteiger partial charge in [-0.15, -0.1) is 0 Å². The number of ether oxygens (including phenoxy) is 4. The molecule has 0 saturated heterocycles. The van der Waals surface area contributed by atoms with Gasteiger partial charge in [-0.25, -0.2) is 9.13 Å². The molecule has 0 aromatic heterocycles. The van der Waals surface area contributed by atoms with Gasteiger partial charge in [-0.1, -0.05) is 286 Å². The Morgan fingerprint density at radius 1 is 0.333 bits per heavy atom. The number of phosphoric ester groups is 2. The zero-order valence-corrected chi connectivity index (χ0v) is 58.3. The first-order valence-corrected chi connectivity index (χ1v) is 38.4. The second-order valence-corrected chi connectivity index (χ2v) is 28.7. The van der Waals surface area contributed by atoms with Crippen LogP contribution in [0.1, 0.15) is 337 Å². The normalized spacial score (nSPS) is 14.6. The van der Waals surface area contributed by atoms with Gasteiger partial charge < -0.3 is 33.8 Å². The third-order valence-electron chi connectivity index (χ3n) is 16.0. The van der Waals surface area contributed by atoms with Gasteiger partial charge in [0.05, 0.1) is 26.4 Å². The van der Waals surface area contributed by atoms with Gasteiger partial charge >= 0.3 is 39.5 Å². The lowest BCUT2D eigenvalue weighted by Gasteiger charge is -2.21. The van der Waals surface area contributed by atoms with Crippen molar-refractivity contribution in [3.05, 3.63) is 0 Å². The largest absolute Gasteiger partial charge is 0.472 e. The average Bonchev–Trinajstić information content (AvgIpc) is 3.63. The Morgan fingerprint density at radius 2 is 0.586 bits per heavy atom. The molecule has 6 atom stereocenters. The zero-order chi connectivity index (χ0) is 64.5. The van der Waals surface area contributed by atoms with E-state index >= 15 is 0 Å². The number of rotatable bonds is 66. The number of hydrogen-bond donors (Lipinski definition) is 3. The molecule has 17 nitrogen and oxygen atoms in total. The average molecular weight is 1280 g/mol. The molecule has 0 aromatic rings. The van der Waals surface area contributed by atoms with Gasteiger partial charge in [0.2, 0.25) is 0 Å². The van der Waals surface area contributed by atoms with E-state index in [0.29, 0.717) is 25.7 Å². The molecule has 19 heteroatoms. The molecular formula is C68H132O17P2. The SMILES string of the molecule is CCCCCCCCCC(=O)OC[C@H](COP(=O)(O)OC[C@H](O)COP(=O)(O)OC[C@@H](COC(=O)CCCCCCCCCCCCC(C)C)OC(=O)CCCCCCCCCCCCCCCCC(C)C)OC(=O)CCCCCCCCC(C)CC. The summed E-state index contributed by atoms with van der Waals surface area (Å²) < 4.78 is 68.1. The highest BCUT2D eigenvalue weighted by Crippen LogP contribution is 2.45. The van der Waals surface area contributed by atoms with E-state index in [-0.39, 0.29) is 25.7 Å². The van der Waals surface area contributed by atoms with E-state index in [9.17, 15) is 43.2 Å². The van der Waals surface area contributed by atoms with Crippen LogP contribution >= 0.6 is 15.6 Å². The van der Waals surface area contributed by atoms with Gasteiger partial charge in [0.15, 0.2) is 12.2 Å². The van der Waals surface area contributed by atoms with E-state index in [1.165, 1.54) is 135 Å². The van der Waals surface area contributed by atoms with E-state index in [2.05, 4.69) is 48.5 Å². The Bertz CT molecular complexity index is 1720. The lowest BCUT2D eigenvalue weighted by Crippen LogP contribution is -2.30. The van der Waals surface area contributed by atoms with Crippen molar-refractivity contribution in [1.29, 1.82) is 0 Å². The summed E-state index contributed by atoms with van der Waals surface area (Å²) in [6, 6.07) is 0. The molecule has 0 aliphatic carbocycles. The predicted octanol–water partition coefficient (Wildman–Crippen LogP) is 19.1. The number of phosphoric acid groups is 2. The van der Waals surface area contributed by atoms with Crippen LogP contribution in [-0.2, 0) is 65.4 Å². The Morgan fingerprint density at radius 3 is 0.874 bits per heavy atom. The summed E-state index contributed by atoms with van der Waals surface area (Å²) in [4.78, 5) is 72.3. The number of carbonyl (C=O) groups is 4. The number of hydrogen-bond acceptors (Lipinski definition) is 15. The second-order valence-electron chi connectivity index (χ2n) is 25.8. The maximum Gasteiger partial charge on any atom is 0.472 e. The van der Waals surface area contributed by atoms with E-state index in [4.69, 9.17) is 37.0 Å². The highest BCUT2D eigenvalue weighted by molar-refractivity contribution is 7.47. The number of aliphatic hydroxyl groups excluding tert-OH is 1. The monoisotopic (exact) mass is 1280 g/mol. The summed E-state index contributed by atoms with van der Waals surface area (Å²) in [6.45, 7) is 11.8. The fourth-order valence-electron chi connectivity index (χ4n) is 10.2. The molecule has 0 spiro atoms. The van der Waals surface area contributed by atoms with Crippen molar-refractivity contribution >= 4 is 39.5 Å². The van der Waals surface area contributed by atoms with Crippen LogP contribution < -0.4 is 0 Å². The maximum absolute atomic E-state index is 13.0. The molecule has 0 aromatic carbocycles.